The van der Waals surface area contributed by atoms with E-state index in [2.05, 4.69) is 0 Å². The molecule has 132 valence electrons. The first kappa shape index (κ1) is 19.8. The lowest BCUT2D eigenvalue weighted by atomic mass is 10.1. The largest absolute Gasteiger partial charge is 0.705 e. The van der Waals surface area contributed by atoms with Crippen LogP contribution in [0.4, 0.5) is 4.39 Å². The Morgan fingerprint density at radius 3 is 1.96 bits per heavy atom. The fourth-order valence-corrected chi connectivity index (χ4v) is 4.66. The van der Waals surface area contributed by atoms with Crippen LogP contribution in [0.1, 0.15) is 39.2 Å². The molecule has 0 atom stereocenters. The summed E-state index contributed by atoms with van der Waals surface area (Å²) >= 11 is 0. The quantitative estimate of drug-likeness (QED) is 0.526. The SMILES string of the molecule is CC(=O)O[Si](CCCCc1cccc(F)c1)(OC(C)=O)OC(C)=O. The number of halogens is 1. The molecule has 1 aromatic rings. The van der Waals surface area contributed by atoms with Gasteiger partial charge in [-0.2, -0.15) is 0 Å². The number of hydrogen-bond donors (Lipinski definition) is 0. The van der Waals surface area contributed by atoms with Crippen molar-refractivity contribution in [3.05, 3.63) is 35.6 Å². The molecule has 0 bridgehead atoms. The molecular formula is C16H21FO6Si. The van der Waals surface area contributed by atoms with E-state index in [4.69, 9.17) is 13.3 Å². The number of hydrogen-bond acceptors (Lipinski definition) is 6. The smallest absolute Gasteiger partial charge is 0.455 e. The minimum Gasteiger partial charge on any atom is -0.455 e. The fraction of sp³-hybridized carbons (Fsp3) is 0.438. The van der Waals surface area contributed by atoms with Gasteiger partial charge in [0, 0.05) is 20.8 Å². The van der Waals surface area contributed by atoms with Crippen LogP contribution in [0.25, 0.3) is 0 Å². The van der Waals surface area contributed by atoms with Crippen LogP contribution in [-0.2, 0) is 34.1 Å². The summed E-state index contributed by atoms with van der Waals surface area (Å²) in [7, 11) is -3.76. The zero-order valence-electron chi connectivity index (χ0n) is 14.0. The molecule has 0 saturated carbocycles. The Kier molecular flexibility index (Phi) is 7.57. The number of unbranched alkanes of at least 4 members (excludes halogenated alkanes) is 1. The van der Waals surface area contributed by atoms with Crippen molar-refractivity contribution in [2.24, 2.45) is 0 Å². The van der Waals surface area contributed by atoms with Gasteiger partial charge in [0.2, 0.25) is 0 Å². The molecule has 0 spiro atoms. The van der Waals surface area contributed by atoms with Crippen molar-refractivity contribution in [2.45, 2.75) is 46.1 Å². The van der Waals surface area contributed by atoms with E-state index in [0.29, 0.717) is 19.3 Å². The summed E-state index contributed by atoms with van der Waals surface area (Å²) in [5, 5.41) is 0. The van der Waals surface area contributed by atoms with Crippen LogP contribution < -0.4 is 0 Å². The number of carbonyl (C=O) groups is 3. The first-order valence-corrected chi connectivity index (χ1v) is 9.49. The predicted octanol–water partition coefficient (Wildman–Crippen LogP) is 2.78. The summed E-state index contributed by atoms with van der Waals surface area (Å²) in [4.78, 5) is 33.9. The molecule has 0 aliphatic heterocycles. The summed E-state index contributed by atoms with van der Waals surface area (Å²) in [6.45, 7) is 3.46. The van der Waals surface area contributed by atoms with Crippen molar-refractivity contribution in [1.82, 2.24) is 0 Å². The van der Waals surface area contributed by atoms with Crippen LogP contribution in [-0.4, -0.2) is 26.7 Å². The van der Waals surface area contributed by atoms with Gasteiger partial charge < -0.3 is 13.3 Å². The van der Waals surface area contributed by atoms with E-state index in [1.165, 1.54) is 12.1 Å². The molecule has 0 aliphatic rings. The normalized spacial score (nSPS) is 10.8. The molecule has 0 aliphatic carbocycles. The van der Waals surface area contributed by atoms with Crippen LogP contribution in [0.5, 0.6) is 0 Å². The average molecular weight is 356 g/mol. The van der Waals surface area contributed by atoms with Crippen LogP contribution in [0, 0.1) is 5.82 Å². The van der Waals surface area contributed by atoms with Gasteiger partial charge in [-0.1, -0.05) is 12.1 Å². The standard InChI is InChI=1S/C16H21FO6Si/c1-12(18)21-24(22-13(2)19,23-14(3)20)10-5-4-7-15-8-6-9-16(17)11-15/h6,8-9,11H,4-5,7,10H2,1-3H3. The third kappa shape index (κ3) is 7.36. The molecule has 1 rings (SSSR count). The summed E-state index contributed by atoms with van der Waals surface area (Å²) in [5.74, 6) is -2.37. The first-order chi connectivity index (χ1) is 11.2. The van der Waals surface area contributed by atoms with Gasteiger partial charge in [-0.25, -0.2) is 4.39 Å². The zero-order chi connectivity index (χ0) is 18.2. The van der Waals surface area contributed by atoms with Gasteiger partial charge in [0.15, 0.2) is 0 Å². The summed E-state index contributed by atoms with van der Waals surface area (Å²) in [6, 6.07) is 6.36. The third-order valence-electron chi connectivity index (χ3n) is 2.99. The zero-order valence-corrected chi connectivity index (χ0v) is 15.0. The van der Waals surface area contributed by atoms with E-state index in [1.54, 1.807) is 12.1 Å². The van der Waals surface area contributed by atoms with Crippen LogP contribution in [0.15, 0.2) is 24.3 Å². The molecule has 0 aromatic heterocycles. The Hall–Kier alpha value is -2.22. The van der Waals surface area contributed by atoms with Crippen molar-refractivity contribution in [2.75, 3.05) is 0 Å². The number of aryl methyl sites for hydroxylation is 1. The Morgan fingerprint density at radius 2 is 1.50 bits per heavy atom. The van der Waals surface area contributed by atoms with Crippen LogP contribution in [0.3, 0.4) is 0 Å². The summed E-state index contributed by atoms with van der Waals surface area (Å²) in [5.41, 5.74) is 0.828. The molecule has 0 heterocycles. The second-order valence-corrected chi connectivity index (χ2v) is 7.78. The summed E-state index contributed by atoms with van der Waals surface area (Å²) in [6.07, 6.45) is 1.71. The maximum atomic E-state index is 13.1. The van der Waals surface area contributed by atoms with Gasteiger partial charge in [0.05, 0.1) is 6.04 Å². The van der Waals surface area contributed by atoms with Gasteiger partial charge in [-0.15, -0.1) is 0 Å². The van der Waals surface area contributed by atoms with Crippen molar-refractivity contribution in [1.29, 1.82) is 0 Å². The van der Waals surface area contributed by atoms with Crippen molar-refractivity contribution >= 4 is 26.7 Å². The summed E-state index contributed by atoms with van der Waals surface area (Å²) < 4.78 is 28.4. The molecule has 6 nitrogen and oxygen atoms in total. The monoisotopic (exact) mass is 356 g/mol. The number of rotatable bonds is 8. The van der Waals surface area contributed by atoms with Gasteiger partial charge >= 0.3 is 8.80 Å². The molecule has 1 aromatic carbocycles. The molecule has 0 saturated heterocycles. The lowest BCUT2D eigenvalue weighted by molar-refractivity contribution is -0.147. The van der Waals surface area contributed by atoms with Gasteiger partial charge in [0.25, 0.3) is 17.9 Å². The second kappa shape index (κ2) is 9.17. The van der Waals surface area contributed by atoms with E-state index in [-0.39, 0.29) is 11.9 Å². The number of benzene rings is 1. The molecular weight excluding hydrogens is 335 g/mol. The molecule has 8 heteroatoms. The topological polar surface area (TPSA) is 78.9 Å². The Bertz CT molecular complexity index is 563. The van der Waals surface area contributed by atoms with Crippen LogP contribution >= 0.6 is 0 Å². The predicted molar refractivity (Wildman–Crippen MR) is 85.2 cm³/mol. The van der Waals surface area contributed by atoms with Crippen molar-refractivity contribution < 1.29 is 32.1 Å². The van der Waals surface area contributed by atoms with E-state index in [9.17, 15) is 18.8 Å². The Labute approximate surface area is 141 Å². The highest BCUT2D eigenvalue weighted by molar-refractivity contribution is 6.65. The highest BCUT2D eigenvalue weighted by atomic mass is 28.4. The lowest BCUT2D eigenvalue weighted by Gasteiger charge is -2.26. The Morgan fingerprint density at radius 1 is 0.958 bits per heavy atom. The van der Waals surface area contributed by atoms with Crippen molar-refractivity contribution in [3.8, 4) is 0 Å². The van der Waals surface area contributed by atoms with Crippen LogP contribution in [0.2, 0.25) is 6.04 Å². The molecule has 0 amide bonds. The van der Waals surface area contributed by atoms with Gasteiger partial charge in [0.1, 0.15) is 5.82 Å². The highest BCUT2D eigenvalue weighted by Crippen LogP contribution is 2.21. The highest BCUT2D eigenvalue weighted by Gasteiger charge is 2.51. The van der Waals surface area contributed by atoms with Gasteiger partial charge in [-0.3, -0.25) is 14.4 Å². The minimum absolute atomic E-state index is 0.126. The van der Waals surface area contributed by atoms with Gasteiger partial charge in [-0.05, 0) is 37.0 Å². The maximum Gasteiger partial charge on any atom is 0.705 e. The molecule has 0 radical (unpaired) electrons. The molecule has 0 fully saturated rings. The first-order valence-electron chi connectivity index (χ1n) is 7.55. The fourth-order valence-electron chi connectivity index (χ4n) is 2.24. The average Bonchev–Trinajstić information content (AvgIpc) is 2.41. The van der Waals surface area contributed by atoms with E-state index < -0.39 is 26.7 Å². The van der Waals surface area contributed by atoms with E-state index >= 15 is 0 Å². The third-order valence-corrected chi connectivity index (χ3v) is 5.75. The van der Waals surface area contributed by atoms with Crippen molar-refractivity contribution in [3.63, 3.8) is 0 Å². The Balaban J connectivity index is 2.70. The molecule has 0 N–H and O–H groups in total. The van der Waals surface area contributed by atoms with E-state index in [1.807, 2.05) is 0 Å². The minimum atomic E-state index is -3.76. The number of carbonyl (C=O) groups excluding carboxylic acids is 3. The second-order valence-electron chi connectivity index (χ2n) is 5.30. The molecule has 0 unspecified atom stereocenters. The molecule has 24 heavy (non-hydrogen) atoms. The maximum absolute atomic E-state index is 13.1. The lowest BCUT2D eigenvalue weighted by Crippen LogP contribution is -2.49. The van der Waals surface area contributed by atoms with E-state index in [0.717, 1.165) is 26.3 Å².